The zero-order valence-electron chi connectivity index (χ0n) is 17.4. The molecule has 0 spiro atoms. The van der Waals surface area contributed by atoms with Gasteiger partial charge in [-0.3, -0.25) is 9.59 Å². The van der Waals surface area contributed by atoms with Crippen molar-refractivity contribution in [1.82, 2.24) is 10.2 Å². The average Bonchev–Trinajstić information content (AvgIpc) is 2.74. The van der Waals surface area contributed by atoms with Gasteiger partial charge >= 0.3 is 0 Å². The largest absolute Gasteiger partial charge is 0.354 e. The fourth-order valence-electron chi connectivity index (χ4n) is 3.00. The van der Waals surface area contributed by atoms with Crippen LogP contribution in [-0.4, -0.2) is 35.1 Å². The van der Waals surface area contributed by atoms with Gasteiger partial charge in [0.25, 0.3) is 0 Å². The minimum atomic E-state index is -0.558. The smallest absolute Gasteiger partial charge is 0.242 e. The van der Waals surface area contributed by atoms with Crippen LogP contribution in [0.2, 0.25) is 10.0 Å². The second-order valence-corrected chi connectivity index (χ2v) is 8.82. The number of hydrogen-bond acceptors (Lipinski definition) is 3. The van der Waals surface area contributed by atoms with Crippen LogP contribution in [0.3, 0.4) is 0 Å². The summed E-state index contributed by atoms with van der Waals surface area (Å²) in [6.45, 7) is 4.85. The van der Waals surface area contributed by atoms with E-state index in [2.05, 4.69) is 12.2 Å². The van der Waals surface area contributed by atoms with E-state index in [1.54, 1.807) is 23.1 Å². The van der Waals surface area contributed by atoms with Crippen molar-refractivity contribution >= 4 is 46.8 Å². The van der Waals surface area contributed by atoms with Gasteiger partial charge in [0, 0.05) is 28.0 Å². The highest BCUT2D eigenvalue weighted by atomic mass is 35.5. The van der Waals surface area contributed by atoms with Crippen molar-refractivity contribution in [2.75, 3.05) is 12.3 Å². The minimum Gasteiger partial charge on any atom is -0.354 e. The molecule has 2 amide bonds. The van der Waals surface area contributed by atoms with Gasteiger partial charge in [-0.1, -0.05) is 67.7 Å². The summed E-state index contributed by atoms with van der Waals surface area (Å²) in [5.41, 5.74) is 0.763. The van der Waals surface area contributed by atoms with Crippen LogP contribution in [0.1, 0.15) is 38.7 Å². The number of nitrogens with zero attached hydrogens (tertiary/aromatic N) is 1. The Hall–Kier alpha value is -1.69. The average molecular weight is 467 g/mol. The minimum absolute atomic E-state index is 0.104. The van der Waals surface area contributed by atoms with Gasteiger partial charge in [0.15, 0.2) is 0 Å². The first kappa shape index (κ1) is 24.6. The SMILES string of the molecule is CCCCNC(=O)[C@@H](CC)N(Cc1ccc(Cl)cc1Cl)C(=O)CSc1ccccc1. The number of carbonyl (C=O) groups excluding carboxylic acids is 2. The number of nitrogens with one attached hydrogen (secondary N) is 1. The third kappa shape index (κ3) is 7.53. The molecule has 1 N–H and O–H groups in total. The molecule has 0 aliphatic rings. The van der Waals surface area contributed by atoms with Crippen LogP contribution >= 0.6 is 35.0 Å². The maximum Gasteiger partial charge on any atom is 0.242 e. The van der Waals surface area contributed by atoms with Crippen LogP contribution in [0, 0.1) is 0 Å². The van der Waals surface area contributed by atoms with Gasteiger partial charge in [0.2, 0.25) is 11.8 Å². The molecule has 0 radical (unpaired) electrons. The predicted molar refractivity (Wildman–Crippen MR) is 126 cm³/mol. The van der Waals surface area contributed by atoms with Gasteiger partial charge in [-0.25, -0.2) is 0 Å². The highest BCUT2D eigenvalue weighted by Crippen LogP contribution is 2.25. The van der Waals surface area contributed by atoms with Gasteiger partial charge in [-0.05, 0) is 42.7 Å². The summed E-state index contributed by atoms with van der Waals surface area (Å²) in [6.07, 6.45) is 2.42. The van der Waals surface area contributed by atoms with E-state index in [9.17, 15) is 9.59 Å². The zero-order valence-corrected chi connectivity index (χ0v) is 19.7. The first-order valence-electron chi connectivity index (χ1n) is 10.1. The van der Waals surface area contributed by atoms with Crippen molar-refractivity contribution in [3.05, 3.63) is 64.1 Å². The summed E-state index contributed by atoms with van der Waals surface area (Å²) in [5, 5.41) is 3.98. The number of halogens is 2. The van der Waals surface area contributed by atoms with Crippen molar-refractivity contribution in [3.8, 4) is 0 Å². The third-order valence-electron chi connectivity index (χ3n) is 4.68. The van der Waals surface area contributed by atoms with Crippen LogP contribution in [0.25, 0.3) is 0 Å². The van der Waals surface area contributed by atoms with Gasteiger partial charge in [-0.2, -0.15) is 0 Å². The molecule has 0 unspecified atom stereocenters. The van der Waals surface area contributed by atoms with Crippen LogP contribution in [0.4, 0.5) is 0 Å². The Bertz CT molecular complexity index is 833. The van der Waals surface area contributed by atoms with E-state index in [1.165, 1.54) is 11.8 Å². The molecule has 7 heteroatoms. The number of amides is 2. The predicted octanol–water partition coefficient (Wildman–Crippen LogP) is 5.81. The summed E-state index contributed by atoms with van der Waals surface area (Å²) in [4.78, 5) is 28.7. The highest BCUT2D eigenvalue weighted by molar-refractivity contribution is 8.00. The molecule has 0 bridgehead atoms. The third-order valence-corrected chi connectivity index (χ3v) is 6.26. The normalized spacial score (nSPS) is 11.7. The van der Waals surface area contributed by atoms with E-state index in [-0.39, 0.29) is 24.1 Å². The standard InChI is InChI=1S/C23H28Cl2N2O2S/c1-3-5-13-26-23(29)21(4-2)27(15-17-11-12-18(24)14-20(17)25)22(28)16-30-19-9-7-6-8-10-19/h6-12,14,21H,3-5,13,15-16H2,1-2H3,(H,26,29)/t21-/m1/s1. The van der Waals surface area contributed by atoms with E-state index in [0.717, 1.165) is 23.3 Å². The Morgan fingerprint density at radius 1 is 1.10 bits per heavy atom. The lowest BCUT2D eigenvalue weighted by Crippen LogP contribution is -2.49. The van der Waals surface area contributed by atoms with Crippen molar-refractivity contribution in [2.45, 2.75) is 50.6 Å². The maximum absolute atomic E-state index is 13.2. The first-order valence-corrected chi connectivity index (χ1v) is 11.9. The molecule has 30 heavy (non-hydrogen) atoms. The Balaban J connectivity index is 2.20. The second-order valence-electron chi connectivity index (χ2n) is 6.93. The summed E-state index contributed by atoms with van der Waals surface area (Å²) in [7, 11) is 0. The molecule has 2 rings (SSSR count). The lowest BCUT2D eigenvalue weighted by Gasteiger charge is -2.31. The van der Waals surface area contributed by atoms with Crippen LogP contribution < -0.4 is 5.32 Å². The number of thioether (sulfide) groups is 1. The van der Waals surface area contributed by atoms with Gasteiger partial charge in [0.05, 0.1) is 5.75 Å². The van der Waals surface area contributed by atoms with Crippen molar-refractivity contribution in [2.24, 2.45) is 0 Å². The van der Waals surface area contributed by atoms with Gasteiger partial charge < -0.3 is 10.2 Å². The van der Waals surface area contributed by atoms with Crippen molar-refractivity contribution in [1.29, 1.82) is 0 Å². The van der Waals surface area contributed by atoms with E-state index in [4.69, 9.17) is 23.2 Å². The highest BCUT2D eigenvalue weighted by Gasteiger charge is 2.29. The maximum atomic E-state index is 13.2. The van der Waals surface area contributed by atoms with E-state index in [1.807, 2.05) is 37.3 Å². The summed E-state index contributed by atoms with van der Waals surface area (Å²) >= 11 is 13.8. The number of benzene rings is 2. The molecule has 0 aliphatic heterocycles. The summed E-state index contributed by atoms with van der Waals surface area (Å²) in [5.74, 6) is 0.00925. The molecule has 0 heterocycles. The van der Waals surface area contributed by atoms with E-state index >= 15 is 0 Å². The lowest BCUT2D eigenvalue weighted by atomic mass is 10.1. The Labute approximate surface area is 193 Å². The monoisotopic (exact) mass is 466 g/mol. The molecule has 0 aliphatic carbocycles. The fourth-order valence-corrected chi connectivity index (χ4v) is 4.28. The van der Waals surface area contributed by atoms with Crippen LogP contribution in [0.15, 0.2) is 53.4 Å². The van der Waals surface area contributed by atoms with E-state index in [0.29, 0.717) is 23.0 Å². The molecule has 0 fully saturated rings. The van der Waals surface area contributed by atoms with E-state index < -0.39 is 6.04 Å². The molecule has 0 saturated heterocycles. The van der Waals surface area contributed by atoms with Crippen LogP contribution in [-0.2, 0) is 16.1 Å². The molecular formula is C23H28Cl2N2O2S. The Kier molecular flexibility index (Phi) is 10.6. The first-order chi connectivity index (χ1) is 14.5. The number of rotatable bonds is 11. The molecule has 2 aromatic rings. The molecular weight excluding hydrogens is 439 g/mol. The van der Waals surface area contributed by atoms with Gasteiger partial charge in [0.1, 0.15) is 6.04 Å². The molecule has 162 valence electrons. The topological polar surface area (TPSA) is 49.4 Å². The fraction of sp³-hybridized carbons (Fsp3) is 0.391. The quantitative estimate of drug-likeness (QED) is 0.335. The van der Waals surface area contributed by atoms with Crippen molar-refractivity contribution < 1.29 is 9.59 Å². The number of carbonyl (C=O) groups is 2. The zero-order chi connectivity index (χ0) is 21.9. The summed E-state index contributed by atoms with van der Waals surface area (Å²) < 4.78 is 0. The number of unbranched alkanes of at least 4 members (excludes halogenated alkanes) is 1. The molecule has 0 saturated carbocycles. The van der Waals surface area contributed by atoms with Crippen LogP contribution in [0.5, 0.6) is 0 Å². The second kappa shape index (κ2) is 12.9. The Morgan fingerprint density at radius 2 is 1.83 bits per heavy atom. The molecule has 1 atom stereocenters. The molecule has 2 aromatic carbocycles. The summed E-state index contributed by atoms with van der Waals surface area (Å²) in [6, 6.07) is 14.4. The molecule has 0 aromatic heterocycles. The Morgan fingerprint density at radius 3 is 2.47 bits per heavy atom. The van der Waals surface area contributed by atoms with Gasteiger partial charge in [-0.15, -0.1) is 11.8 Å². The lowest BCUT2D eigenvalue weighted by molar-refractivity contribution is -0.139. The molecule has 4 nitrogen and oxygen atoms in total. The van der Waals surface area contributed by atoms with Crippen molar-refractivity contribution in [3.63, 3.8) is 0 Å². The number of hydrogen-bond donors (Lipinski definition) is 1.